The van der Waals surface area contributed by atoms with Crippen LogP contribution < -0.4 is 10.1 Å². The summed E-state index contributed by atoms with van der Waals surface area (Å²) < 4.78 is 5.18. The Kier molecular flexibility index (Phi) is 4.42. The van der Waals surface area contributed by atoms with Gasteiger partial charge in [-0.25, -0.2) is 0 Å². The molecular weight excluding hydrogens is 332 g/mol. The summed E-state index contributed by atoms with van der Waals surface area (Å²) in [6.07, 6.45) is 10.3. The van der Waals surface area contributed by atoms with Crippen LogP contribution in [0.3, 0.4) is 0 Å². The van der Waals surface area contributed by atoms with E-state index in [0.717, 1.165) is 35.6 Å². The average Bonchev–Trinajstić information content (AvgIpc) is 3.04. The van der Waals surface area contributed by atoms with Crippen LogP contribution >= 0.6 is 11.8 Å². The first-order valence-corrected chi connectivity index (χ1v) is 9.66. The number of allylic oxidation sites excluding steroid dienone is 3. The monoisotopic (exact) mass is 354 g/mol. The maximum atomic E-state index is 12.8. The molecule has 2 heterocycles. The number of benzene rings is 1. The Hall–Kier alpha value is -2.01. The van der Waals surface area contributed by atoms with Crippen LogP contribution in [-0.4, -0.2) is 29.7 Å². The van der Waals surface area contributed by atoms with Crippen LogP contribution in [0.15, 0.2) is 53.2 Å². The highest BCUT2D eigenvalue weighted by atomic mass is 32.2. The van der Waals surface area contributed by atoms with Crippen molar-refractivity contribution in [3.63, 3.8) is 0 Å². The van der Waals surface area contributed by atoms with Crippen LogP contribution in [0.4, 0.5) is 0 Å². The number of methoxy groups -OCH3 is 1. The van der Waals surface area contributed by atoms with E-state index >= 15 is 0 Å². The smallest absolute Gasteiger partial charge is 0.224 e. The largest absolute Gasteiger partial charge is 0.497 e. The van der Waals surface area contributed by atoms with Crippen LogP contribution in [-0.2, 0) is 11.3 Å². The minimum Gasteiger partial charge on any atom is -0.497 e. The number of nitrogens with one attached hydrogen (secondary N) is 1. The Balaban J connectivity index is 1.44. The molecule has 1 aromatic rings. The first kappa shape index (κ1) is 16.5. The van der Waals surface area contributed by atoms with E-state index in [1.54, 1.807) is 7.11 Å². The van der Waals surface area contributed by atoms with Crippen molar-refractivity contribution in [2.75, 3.05) is 12.9 Å². The number of ether oxygens (including phenoxy) is 1. The molecule has 3 aliphatic rings. The van der Waals surface area contributed by atoms with Crippen molar-refractivity contribution in [2.45, 2.75) is 24.1 Å². The van der Waals surface area contributed by atoms with Gasteiger partial charge in [-0.05, 0) is 42.5 Å². The Labute approximate surface area is 152 Å². The van der Waals surface area contributed by atoms with Gasteiger partial charge in [-0.2, -0.15) is 0 Å². The fourth-order valence-electron chi connectivity index (χ4n) is 4.00. The van der Waals surface area contributed by atoms with Gasteiger partial charge in [0, 0.05) is 18.5 Å². The molecule has 1 spiro atoms. The molecule has 3 unspecified atom stereocenters. The molecule has 4 nitrogen and oxygen atoms in total. The molecule has 1 saturated heterocycles. The van der Waals surface area contributed by atoms with Gasteiger partial charge in [-0.15, -0.1) is 11.8 Å². The number of carbonyl (C=O) groups is 1. The Bertz CT molecular complexity index is 753. The van der Waals surface area contributed by atoms with E-state index in [1.165, 1.54) is 0 Å². The van der Waals surface area contributed by atoms with E-state index in [4.69, 9.17) is 4.74 Å². The fourth-order valence-corrected chi connectivity index (χ4v) is 5.82. The third-order valence-electron chi connectivity index (χ3n) is 5.40. The first-order valence-electron chi connectivity index (χ1n) is 8.67. The number of hydrogen-bond donors (Lipinski definition) is 1. The van der Waals surface area contributed by atoms with Crippen molar-refractivity contribution in [1.29, 1.82) is 0 Å². The molecule has 0 aromatic heterocycles. The first-order chi connectivity index (χ1) is 12.2. The molecular formula is C20H22N2O2S. The van der Waals surface area contributed by atoms with Gasteiger partial charge >= 0.3 is 0 Å². The summed E-state index contributed by atoms with van der Waals surface area (Å²) in [5.41, 5.74) is 2.22. The van der Waals surface area contributed by atoms with Crippen LogP contribution in [0.25, 0.3) is 0 Å². The van der Waals surface area contributed by atoms with Gasteiger partial charge in [-0.1, -0.05) is 24.3 Å². The normalized spacial score (nSPS) is 29.6. The molecule has 25 heavy (non-hydrogen) atoms. The summed E-state index contributed by atoms with van der Waals surface area (Å²) in [4.78, 5) is 17.4. The van der Waals surface area contributed by atoms with E-state index in [2.05, 4.69) is 28.5 Å². The summed E-state index contributed by atoms with van der Waals surface area (Å²) in [7, 11) is 1.65. The minimum atomic E-state index is 0.00558. The summed E-state index contributed by atoms with van der Waals surface area (Å²) in [6, 6.07) is 7.82. The van der Waals surface area contributed by atoms with Crippen LogP contribution in [0.1, 0.15) is 18.4 Å². The molecule has 0 radical (unpaired) electrons. The lowest BCUT2D eigenvalue weighted by molar-refractivity contribution is -0.126. The van der Waals surface area contributed by atoms with Crippen molar-refractivity contribution < 1.29 is 9.53 Å². The Morgan fingerprint density at radius 2 is 2.24 bits per heavy atom. The van der Waals surface area contributed by atoms with Crippen molar-refractivity contribution in [1.82, 2.24) is 5.32 Å². The van der Waals surface area contributed by atoms with E-state index in [-0.39, 0.29) is 16.6 Å². The van der Waals surface area contributed by atoms with Crippen molar-refractivity contribution in [2.24, 2.45) is 16.8 Å². The lowest BCUT2D eigenvalue weighted by atomic mass is 9.73. The topological polar surface area (TPSA) is 50.7 Å². The van der Waals surface area contributed by atoms with Gasteiger partial charge in [0.25, 0.3) is 0 Å². The molecule has 0 bridgehead atoms. The van der Waals surface area contributed by atoms with Crippen molar-refractivity contribution >= 4 is 23.9 Å². The van der Waals surface area contributed by atoms with Gasteiger partial charge in [0.2, 0.25) is 5.91 Å². The van der Waals surface area contributed by atoms with Crippen LogP contribution in [0, 0.1) is 11.8 Å². The second-order valence-electron chi connectivity index (χ2n) is 6.71. The molecule has 130 valence electrons. The molecule has 1 amide bonds. The van der Waals surface area contributed by atoms with Gasteiger partial charge < -0.3 is 10.1 Å². The van der Waals surface area contributed by atoms with Crippen molar-refractivity contribution in [3.05, 3.63) is 53.8 Å². The zero-order valence-electron chi connectivity index (χ0n) is 14.3. The molecule has 1 aliphatic carbocycles. The number of amides is 1. The van der Waals surface area contributed by atoms with Crippen LogP contribution in [0.5, 0.6) is 5.75 Å². The molecule has 5 heteroatoms. The van der Waals surface area contributed by atoms with Gasteiger partial charge in [0.15, 0.2) is 0 Å². The second kappa shape index (κ2) is 6.71. The summed E-state index contributed by atoms with van der Waals surface area (Å²) in [5.74, 6) is 2.24. The highest BCUT2D eigenvalue weighted by Crippen LogP contribution is 2.56. The summed E-state index contributed by atoms with van der Waals surface area (Å²) in [6.45, 7) is 0.556. The predicted molar refractivity (Wildman–Crippen MR) is 102 cm³/mol. The molecule has 3 atom stereocenters. The number of hydrogen-bond acceptors (Lipinski definition) is 4. The van der Waals surface area contributed by atoms with E-state index in [1.807, 2.05) is 42.2 Å². The fraction of sp³-hybridized carbons (Fsp3) is 0.400. The third kappa shape index (κ3) is 2.91. The third-order valence-corrected chi connectivity index (χ3v) is 7.12. The van der Waals surface area contributed by atoms with Gasteiger partial charge in [0.1, 0.15) is 5.75 Å². The molecule has 0 saturated carbocycles. The quantitative estimate of drug-likeness (QED) is 0.902. The molecule has 1 N–H and O–H groups in total. The number of thioether (sulfide) groups is 1. The SMILES string of the molecule is COc1ccc(CNC(=O)C2CSC34CC=CC=C3N=CCC24)cc1. The zero-order chi connectivity index (χ0) is 17.3. The predicted octanol–water partition coefficient (Wildman–Crippen LogP) is 3.35. The number of aliphatic imine (C=N–C) groups is 1. The standard InChI is InChI=1S/C20H22N2O2S/c1-24-15-7-5-14(6-8-15)12-22-19(23)16-13-25-20-10-3-2-4-18(20)21-11-9-17(16)20/h2-8,11,16-17H,9-10,12-13H2,1H3,(H,22,23). The number of carbonyl (C=O) groups excluding carboxylic acids is 1. The Morgan fingerprint density at radius 3 is 3.04 bits per heavy atom. The lowest BCUT2D eigenvalue weighted by Crippen LogP contribution is -2.43. The number of rotatable bonds is 4. The summed E-state index contributed by atoms with van der Waals surface area (Å²) >= 11 is 1.91. The van der Waals surface area contributed by atoms with Crippen molar-refractivity contribution in [3.8, 4) is 5.75 Å². The maximum absolute atomic E-state index is 12.8. The van der Waals surface area contributed by atoms with E-state index < -0.39 is 0 Å². The molecule has 2 aliphatic heterocycles. The summed E-state index contributed by atoms with van der Waals surface area (Å²) in [5, 5.41) is 3.13. The van der Waals surface area contributed by atoms with Gasteiger partial charge in [0.05, 0.1) is 23.5 Å². The minimum absolute atomic E-state index is 0.00558. The highest BCUT2D eigenvalue weighted by molar-refractivity contribution is 8.01. The van der Waals surface area contributed by atoms with E-state index in [9.17, 15) is 4.79 Å². The Morgan fingerprint density at radius 1 is 1.40 bits per heavy atom. The lowest BCUT2D eigenvalue weighted by Gasteiger charge is -2.39. The maximum Gasteiger partial charge on any atom is 0.224 e. The molecule has 1 aromatic carbocycles. The second-order valence-corrected chi connectivity index (χ2v) is 8.06. The van der Waals surface area contributed by atoms with Crippen LogP contribution in [0.2, 0.25) is 0 Å². The average molecular weight is 354 g/mol. The highest BCUT2D eigenvalue weighted by Gasteiger charge is 2.54. The van der Waals surface area contributed by atoms with Gasteiger partial charge in [-0.3, -0.25) is 9.79 Å². The molecule has 1 fully saturated rings. The number of nitrogens with zero attached hydrogens (tertiary/aromatic N) is 1. The molecule has 4 rings (SSSR count). The van der Waals surface area contributed by atoms with E-state index in [0.29, 0.717) is 12.5 Å². The zero-order valence-corrected chi connectivity index (χ0v) is 15.1.